The highest BCUT2D eigenvalue weighted by molar-refractivity contribution is 6.13. The van der Waals surface area contributed by atoms with Crippen molar-refractivity contribution in [2.75, 3.05) is 0 Å². The summed E-state index contributed by atoms with van der Waals surface area (Å²) < 4.78 is 4.84. The van der Waals surface area contributed by atoms with Gasteiger partial charge in [0.05, 0.1) is 27.5 Å². The van der Waals surface area contributed by atoms with Crippen molar-refractivity contribution in [1.82, 2.24) is 9.13 Å². The summed E-state index contributed by atoms with van der Waals surface area (Å²) in [5.74, 6) is 0. The van der Waals surface area contributed by atoms with Gasteiger partial charge in [-0.1, -0.05) is 243 Å². The molecule has 0 radical (unpaired) electrons. The van der Waals surface area contributed by atoms with Gasteiger partial charge in [-0.05, 0) is 162 Å². The van der Waals surface area contributed by atoms with Crippen LogP contribution in [0, 0.1) is 0 Å². The van der Waals surface area contributed by atoms with Crippen LogP contribution in [0.4, 0.5) is 0 Å². The second-order valence-electron chi connectivity index (χ2n) is 21.6. The van der Waals surface area contributed by atoms with Crippen molar-refractivity contribution in [3.05, 3.63) is 338 Å². The quantitative estimate of drug-likeness (QED) is 0.136. The summed E-state index contributed by atoms with van der Waals surface area (Å²) >= 11 is 0. The first kappa shape index (κ1) is 46.5. The molecule has 0 aliphatic heterocycles. The molecule has 2 heteroatoms. The van der Waals surface area contributed by atoms with Gasteiger partial charge in [-0.2, -0.15) is 0 Å². The van der Waals surface area contributed by atoms with Crippen LogP contribution in [0.3, 0.4) is 0 Å². The summed E-state index contributed by atoms with van der Waals surface area (Å²) in [5, 5.41) is 4.95. The number of hydrogen-bond donors (Lipinski definition) is 0. The van der Waals surface area contributed by atoms with Gasteiger partial charge < -0.3 is 9.13 Å². The SMILES string of the molecule is c1ccc(-c2cccc(-n3c4ccccc4c4cc(-c5ccc6c(c5)c5ccccc5n6-c5cccc(-c6cccc(-c7ccc(-c8cccc(C9(c%10ccccc%10)c%10ccccc%10-c%10ccccc%109)c8)cc7)c6)c5)ccc43)c2)cc1. The number of rotatable bonds is 9. The Balaban J connectivity index is 0.719. The summed E-state index contributed by atoms with van der Waals surface area (Å²) in [5.41, 5.74) is 26.3. The van der Waals surface area contributed by atoms with E-state index >= 15 is 0 Å². The highest BCUT2D eigenvalue weighted by atomic mass is 15.0. The molecule has 13 aromatic carbocycles. The Bertz CT molecular complexity index is 4880. The summed E-state index contributed by atoms with van der Waals surface area (Å²) in [4.78, 5) is 0. The van der Waals surface area contributed by atoms with Crippen LogP contribution in [-0.4, -0.2) is 9.13 Å². The molecule has 81 heavy (non-hydrogen) atoms. The van der Waals surface area contributed by atoms with Crippen molar-refractivity contribution in [3.8, 4) is 78.1 Å². The molecule has 0 bridgehead atoms. The molecule has 0 saturated carbocycles. The summed E-state index contributed by atoms with van der Waals surface area (Å²) in [6.07, 6.45) is 0. The average molecular weight is 1030 g/mol. The lowest BCUT2D eigenvalue weighted by Gasteiger charge is -2.34. The molecule has 1 aliphatic carbocycles. The van der Waals surface area contributed by atoms with Crippen molar-refractivity contribution in [2.45, 2.75) is 5.41 Å². The van der Waals surface area contributed by atoms with Gasteiger partial charge in [-0.3, -0.25) is 0 Å². The Morgan fingerprint density at radius 2 is 0.543 bits per heavy atom. The van der Waals surface area contributed by atoms with E-state index in [4.69, 9.17) is 0 Å². The van der Waals surface area contributed by atoms with E-state index in [2.05, 4.69) is 325 Å². The third-order valence-corrected chi connectivity index (χ3v) is 17.2. The molecule has 1 aliphatic rings. The van der Waals surface area contributed by atoms with Crippen LogP contribution in [0.5, 0.6) is 0 Å². The Hall–Kier alpha value is -10.5. The van der Waals surface area contributed by atoms with Gasteiger partial charge >= 0.3 is 0 Å². The Kier molecular flexibility index (Phi) is 10.8. The first-order valence-corrected chi connectivity index (χ1v) is 28.1. The minimum Gasteiger partial charge on any atom is -0.309 e. The van der Waals surface area contributed by atoms with Crippen LogP contribution < -0.4 is 0 Å². The minimum atomic E-state index is -0.438. The van der Waals surface area contributed by atoms with Crippen molar-refractivity contribution >= 4 is 43.6 Å². The molecule has 378 valence electrons. The van der Waals surface area contributed by atoms with Crippen molar-refractivity contribution in [2.24, 2.45) is 0 Å². The molecular formula is C79H52N2. The molecule has 0 atom stereocenters. The van der Waals surface area contributed by atoms with E-state index in [9.17, 15) is 0 Å². The van der Waals surface area contributed by atoms with Gasteiger partial charge in [0, 0.05) is 32.9 Å². The van der Waals surface area contributed by atoms with Gasteiger partial charge in [0.25, 0.3) is 0 Å². The Morgan fingerprint density at radius 1 is 0.198 bits per heavy atom. The lowest BCUT2D eigenvalue weighted by atomic mass is 9.67. The molecule has 0 saturated heterocycles. The standard InChI is InChI=1S/C79H52N2/c1-3-19-53(20-4-1)59-24-17-29-65(49-59)80-75-37-13-9-33-69(75)71-51-61(43-45-77(71)80)62-44-46-78-72(52-62)70-34-10-14-38-76(70)81(78)66-30-18-25-60(50-66)57-22-15-21-56(47-57)54-39-41-55(42-40-54)58-23-16-28-64(48-58)79(63-26-5-2-6-27-63)73-35-11-7-31-67(73)68-32-8-12-36-74(68)79/h1-52H. The second kappa shape index (κ2) is 18.8. The van der Waals surface area contributed by atoms with Crippen LogP contribution in [-0.2, 0) is 5.41 Å². The van der Waals surface area contributed by atoms with Gasteiger partial charge in [0.15, 0.2) is 0 Å². The highest BCUT2D eigenvalue weighted by Gasteiger charge is 2.46. The lowest BCUT2D eigenvalue weighted by Crippen LogP contribution is -2.28. The van der Waals surface area contributed by atoms with Gasteiger partial charge in [0.2, 0.25) is 0 Å². The van der Waals surface area contributed by atoms with Crippen LogP contribution in [0.15, 0.2) is 315 Å². The number of hydrogen-bond acceptors (Lipinski definition) is 0. The number of para-hydroxylation sites is 2. The predicted octanol–water partition coefficient (Wildman–Crippen LogP) is 20.6. The van der Waals surface area contributed by atoms with E-state index < -0.39 is 5.41 Å². The number of fused-ring (bicyclic) bond motifs is 9. The molecule has 0 fully saturated rings. The fraction of sp³-hybridized carbons (Fsp3) is 0.0127. The van der Waals surface area contributed by atoms with Crippen LogP contribution in [0.25, 0.3) is 122 Å². The van der Waals surface area contributed by atoms with Crippen LogP contribution in [0.1, 0.15) is 22.3 Å². The van der Waals surface area contributed by atoms with Crippen molar-refractivity contribution in [1.29, 1.82) is 0 Å². The fourth-order valence-electron chi connectivity index (χ4n) is 13.5. The van der Waals surface area contributed by atoms with E-state index in [0.29, 0.717) is 0 Å². The normalized spacial score (nSPS) is 12.5. The van der Waals surface area contributed by atoms with E-state index in [1.54, 1.807) is 0 Å². The van der Waals surface area contributed by atoms with Crippen LogP contribution in [0.2, 0.25) is 0 Å². The average Bonchev–Trinajstić information content (AvgIpc) is 3.20. The summed E-state index contributed by atoms with van der Waals surface area (Å²) in [7, 11) is 0. The van der Waals surface area contributed by atoms with E-state index in [1.807, 2.05) is 0 Å². The van der Waals surface area contributed by atoms with Crippen LogP contribution >= 0.6 is 0 Å². The second-order valence-corrected chi connectivity index (χ2v) is 21.6. The number of aromatic nitrogens is 2. The zero-order valence-electron chi connectivity index (χ0n) is 44.4. The largest absolute Gasteiger partial charge is 0.309 e. The third-order valence-electron chi connectivity index (χ3n) is 17.2. The first-order valence-electron chi connectivity index (χ1n) is 28.1. The zero-order chi connectivity index (χ0) is 53.4. The third kappa shape index (κ3) is 7.49. The molecule has 2 heterocycles. The fourth-order valence-corrected chi connectivity index (χ4v) is 13.5. The molecule has 16 rings (SSSR count). The molecule has 2 nitrogen and oxygen atoms in total. The van der Waals surface area contributed by atoms with Crippen molar-refractivity contribution < 1.29 is 0 Å². The molecular weight excluding hydrogens is 977 g/mol. The Morgan fingerprint density at radius 3 is 1.10 bits per heavy atom. The maximum Gasteiger partial charge on any atom is 0.0713 e. The van der Waals surface area contributed by atoms with Gasteiger partial charge in [-0.15, -0.1) is 0 Å². The first-order chi connectivity index (χ1) is 40.2. The van der Waals surface area contributed by atoms with Gasteiger partial charge in [-0.25, -0.2) is 0 Å². The molecule has 15 aromatic rings. The summed E-state index contributed by atoms with van der Waals surface area (Å²) in [6.45, 7) is 0. The predicted molar refractivity (Wildman–Crippen MR) is 340 cm³/mol. The Labute approximate surface area is 471 Å². The molecule has 2 aromatic heterocycles. The highest BCUT2D eigenvalue weighted by Crippen LogP contribution is 2.56. The summed E-state index contributed by atoms with van der Waals surface area (Å²) in [6, 6.07) is 116. The number of nitrogens with zero attached hydrogens (tertiary/aromatic N) is 2. The molecule has 0 spiro atoms. The maximum atomic E-state index is 2.43. The van der Waals surface area contributed by atoms with Gasteiger partial charge in [0.1, 0.15) is 0 Å². The topological polar surface area (TPSA) is 9.86 Å². The maximum absolute atomic E-state index is 2.43. The monoisotopic (exact) mass is 1030 g/mol. The smallest absolute Gasteiger partial charge is 0.0713 e. The molecule has 0 N–H and O–H groups in total. The van der Waals surface area contributed by atoms with Crippen molar-refractivity contribution in [3.63, 3.8) is 0 Å². The zero-order valence-corrected chi connectivity index (χ0v) is 44.4. The number of benzene rings is 13. The van der Waals surface area contributed by atoms with E-state index in [1.165, 1.54) is 133 Å². The molecule has 0 unspecified atom stereocenters. The van der Waals surface area contributed by atoms with E-state index in [0.717, 1.165) is 11.4 Å². The molecule has 0 amide bonds. The van der Waals surface area contributed by atoms with E-state index in [-0.39, 0.29) is 0 Å². The lowest BCUT2D eigenvalue weighted by molar-refractivity contribution is 0.769. The minimum absolute atomic E-state index is 0.438.